The van der Waals surface area contributed by atoms with Crippen LogP contribution in [0.1, 0.15) is 39.5 Å². The van der Waals surface area contributed by atoms with E-state index in [1.165, 1.54) is 6.08 Å². The third-order valence-electron chi connectivity index (χ3n) is 3.23. The fourth-order valence-corrected chi connectivity index (χ4v) is 1.91. The Morgan fingerprint density at radius 1 is 1.30 bits per heavy atom. The molecule has 0 aliphatic carbocycles. The van der Waals surface area contributed by atoms with Crippen LogP contribution in [0.25, 0.3) is 0 Å². The van der Waals surface area contributed by atoms with Gasteiger partial charge in [-0.05, 0) is 24.8 Å². The van der Waals surface area contributed by atoms with Crippen LogP contribution in [-0.4, -0.2) is 36.3 Å². The zero-order chi connectivity index (χ0) is 15.0. The van der Waals surface area contributed by atoms with Gasteiger partial charge in [0.15, 0.2) is 0 Å². The Morgan fingerprint density at radius 3 is 2.65 bits per heavy atom. The molecule has 0 aromatic carbocycles. The summed E-state index contributed by atoms with van der Waals surface area (Å²) < 4.78 is 5.42. The van der Waals surface area contributed by atoms with Crippen LogP contribution in [0.15, 0.2) is 24.4 Å². The van der Waals surface area contributed by atoms with E-state index in [-0.39, 0.29) is 11.7 Å². The Labute approximate surface area is 121 Å². The van der Waals surface area contributed by atoms with E-state index >= 15 is 0 Å². The Hall–Kier alpha value is -1.42. The molecule has 1 rings (SSSR count). The molecule has 0 fully saturated rings. The highest BCUT2D eigenvalue weighted by Crippen LogP contribution is 2.13. The van der Waals surface area contributed by atoms with E-state index < -0.39 is 0 Å². The highest BCUT2D eigenvalue weighted by molar-refractivity contribution is 5.93. The summed E-state index contributed by atoms with van der Waals surface area (Å²) in [6, 6.07) is 0. The Balaban J connectivity index is 2.03. The normalized spacial score (nSPS) is 14.7. The highest BCUT2D eigenvalue weighted by Gasteiger charge is 2.17. The van der Waals surface area contributed by atoms with E-state index in [2.05, 4.69) is 20.4 Å². The maximum atomic E-state index is 11.7. The molecule has 1 heterocycles. The van der Waals surface area contributed by atoms with Crippen molar-refractivity contribution in [3.05, 3.63) is 24.4 Å². The van der Waals surface area contributed by atoms with Gasteiger partial charge in [-0.15, -0.1) is 0 Å². The number of carbonyl (C=O) groups excluding carboxylic acids is 2. The van der Waals surface area contributed by atoms with Gasteiger partial charge in [-0.2, -0.15) is 0 Å². The summed E-state index contributed by atoms with van der Waals surface area (Å²) in [6.07, 6.45) is 5.87. The molecule has 112 valence electrons. The average molecular weight is 279 g/mol. The van der Waals surface area contributed by atoms with Crippen molar-refractivity contribution in [3.8, 4) is 0 Å². The van der Waals surface area contributed by atoms with E-state index in [9.17, 15) is 9.59 Å². The predicted molar refractivity (Wildman–Crippen MR) is 79.1 cm³/mol. The Kier molecular flexibility index (Phi) is 7.23. The van der Waals surface area contributed by atoms with Gasteiger partial charge in [-0.1, -0.05) is 20.4 Å². The molecule has 1 aliphatic rings. The van der Waals surface area contributed by atoms with Gasteiger partial charge in [0.25, 0.3) is 5.91 Å². The molecule has 1 aliphatic heterocycles. The van der Waals surface area contributed by atoms with Crippen LogP contribution in [0.5, 0.6) is 0 Å². The van der Waals surface area contributed by atoms with E-state index in [1.807, 2.05) is 0 Å². The molecular weight excluding hydrogens is 254 g/mol. The maximum Gasteiger partial charge on any atom is 0.251 e. The minimum Gasteiger partial charge on any atom is -0.381 e. The zero-order valence-corrected chi connectivity index (χ0v) is 12.6. The summed E-state index contributed by atoms with van der Waals surface area (Å²) in [5, 5.41) is 0. The van der Waals surface area contributed by atoms with Crippen LogP contribution in [0.2, 0.25) is 0 Å². The minimum atomic E-state index is -0.0422. The molecule has 0 radical (unpaired) electrons. The third kappa shape index (κ3) is 6.15. The lowest BCUT2D eigenvalue weighted by Crippen LogP contribution is -2.25. The zero-order valence-electron chi connectivity index (χ0n) is 12.6. The van der Waals surface area contributed by atoms with E-state index in [0.29, 0.717) is 44.0 Å². The lowest BCUT2D eigenvalue weighted by molar-refractivity contribution is -0.124. The summed E-state index contributed by atoms with van der Waals surface area (Å²) in [5.74, 6) is 0.782. The third-order valence-corrected chi connectivity index (χ3v) is 3.23. The number of allylic oxidation sites excluding steroid dienone is 1. The first-order chi connectivity index (χ1) is 9.50. The van der Waals surface area contributed by atoms with Crippen LogP contribution in [-0.2, 0) is 14.3 Å². The molecule has 0 N–H and O–H groups in total. The van der Waals surface area contributed by atoms with Crippen molar-refractivity contribution in [3.63, 3.8) is 0 Å². The van der Waals surface area contributed by atoms with E-state index in [4.69, 9.17) is 4.74 Å². The van der Waals surface area contributed by atoms with Gasteiger partial charge in [-0.3, -0.25) is 9.59 Å². The molecule has 0 saturated heterocycles. The lowest BCUT2D eigenvalue weighted by Gasteiger charge is -2.16. The minimum absolute atomic E-state index is 0.0422. The Morgan fingerprint density at radius 2 is 2.05 bits per heavy atom. The van der Waals surface area contributed by atoms with Gasteiger partial charge in [0.2, 0.25) is 0 Å². The summed E-state index contributed by atoms with van der Waals surface area (Å²) in [5.41, 5.74) is 0.708. The molecule has 0 spiro atoms. The van der Waals surface area contributed by atoms with Crippen LogP contribution >= 0.6 is 0 Å². The molecule has 0 unspecified atom stereocenters. The van der Waals surface area contributed by atoms with Crippen LogP contribution in [0.3, 0.4) is 0 Å². The number of Topliss-reactive ketones (excluding diaryl/α,β-unsaturated/α-hetero) is 1. The van der Waals surface area contributed by atoms with E-state index in [1.54, 1.807) is 11.0 Å². The van der Waals surface area contributed by atoms with Crippen molar-refractivity contribution in [2.24, 2.45) is 5.92 Å². The average Bonchev–Trinajstić information content (AvgIpc) is 2.69. The lowest BCUT2D eigenvalue weighted by atomic mass is 10.1. The summed E-state index contributed by atoms with van der Waals surface area (Å²) >= 11 is 0. The fourth-order valence-electron chi connectivity index (χ4n) is 1.91. The molecule has 0 atom stereocenters. The predicted octanol–water partition coefficient (Wildman–Crippen LogP) is 2.70. The molecule has 0 aromatic heterocycles. The monoisotopic (exact) mass is 279 g/mol. The Bertz CT molecular complexity index is 367. The standard InChI is InChI=1S/C16H25NO3/c1-13(2)8-11-20-12-9-15(18)5-4-10-17-14(3)6-7-16(17)19/h6-7,13H,3-5,8-12H2,1-2H3. The second-order valence-corrected chi connectivity index (χ2v) is 5.50. The fraction of sp³-hybridized carbons (Fsp3) is 0.625. The van der Waals surface area contributed by atoms with Crippen molar-refractivity contribution < 1.29 is 14.3 Å². The van der Waals surface area contributed by atoms with Gasteiger partial charge in [0.1, 0.15) is 5.78 Å². The topological polar surface area (TPSA) is 46.6 Å². The first-order valence-corrected chi connectivity index (χ1v) is 7.28. The van der Waals surface area contributed by atoms with E-state index in [0.717, 1.165) is 13.0 Å². The number of hydrogen-bond acceptors (Lipinski definition) is 3. The molecule has 1 amide bonds. The number of carbonyl (C=O) groups is 2. The first kappa shape index (κ1) is 16.6. The number of nitrogens with zero attached hydrogens (tertiary/aromatic N) is 1. The van der Waals surface area contributed by atoms with Gasteiger partial charge in [0, 0.05) is 37.8 Å². The molecule has 20 heavy (non-hydrogen) atoms. The van der Waals surface area contributed by atoms with Gasteiger partial charge >= 0.3 is 0 Å². The molecule has 4 heteroatoms. The number of ether oxygens (including phenoxy) is 1. The van der Waals surface area contributed by atoms with Crippen LogP contribution < -0.4 is 0 Å². The smallest absolute Gasteiger partial charge is 0.251 e. The first-order valence-electron chi connectivity index (χ1n) is 7.28. The van der Waals surface area contributed by atoms with Crippen LogP contribution in [0, 0.1) is 5.92 Å². The van der Waals surface area contributed by atoms with Gasteiger partial charge < -0.3 is 9.64 Å². The molecule has 4 nitrogen and oxygen atoms in total. The maximum absolute atomic E-state index is 11.7. The number of amides is 1. The van der Waals surface area contributed by atoms with Gasteiger partial charge in [-0.25, -0.2) is 0 Å². The second kappa shape index (κ2) is 8.69. The summed E-state index contributed by atoms with van der Waals surface area (Å²) in [7, 11) is 0. The molecular formula is C16H25NO3. The number of hydrogen-bond donors (Lipinski definition) is 0. The van der Waals surface area contributed by atoms with Gasteiger partial charge in [0.05, 0.1) is 6.61 Å². The largest absolute Gasteiger partial charge is 0.381 e. The van der Waals surface area contributed by atoms with Crippen molar-refractivity contribution in [2.45, 2.75) is 39.5 Å². The number of rotatable bonds is 10. The SMILES string of the molecule is C=C1C=CC(=O)N1CCCC(=O)CCOCCC(C)C. The summed E-state index contributed by atoms with van der Waals surface area (Å²) in [4.78, 5) is 24.7. The van der Waals surface area contributed by atoms with Crippen LogP contribution in [0.4, 0.5) is 0 Å². The second-order valence-electron chi connectivity index (χ2n) is 5.50. The highest BCUT2D eigenvalue weighted by atomic mass is 16.5. The summed E-state index contributed by atoms with van der Waals surface area (Å²) in [6.45, 7) is 9.86. The van der Waals surface area contributed by atoms with Crippen molar-refractivity contribution >= 4 is 11.7 Å². The number of ketones is 1. The van der Waals surface area contributed by atoms with Crippen molar-refractivity contribution in [1.82, 2.24) is 4.90 Å². The molecule has 0 bridgehead atoms. The molecule has 0 saturated carbocycles. The molecule has 0 aromatic rings. The van der Waals surface area contributed by atoms with Crippen molar-refractivity contribution in [1.29, 1.82) is 0 Å². The van der Waals surface area contributed by atoms with Crippen molar-refractivity contribution in [2.75, 3.05) is 19.8 Å². The quantitative estimate of drug-likeness (QED) is 0.578.